The highest BCUT2D eigenvalue weighted by Gasteiger charge is 2.20. The number of unbranched alkanes of at least 4 members (excludes halogenated alkanes) is 1. The molecule has 3 N–H and O–H groups in total. The molecule has 0 aromatic heterocycles. The summed E-state index contributed by atoms with van der Waals surface area (Å²) in [5.41, 5.74) is 3.59. The van der Waals surface area contributed by atoms with Crippen LogP contribution < -0.4 is 20.7 Å². The molecule has 4 aromatic carbocycles. The van der Waals surface area contributed by atoms with Crippen molar-refractivity contribution in [2.24, 2.45) is 0 Å². The predicted molar refractivity (Wildman–Crippen MR) is 184 cm³/mol. The Hall–Kier alpha value is -4.82. The van der Waals surface area contributed by atoms with Gasteiger partial charge in [0.15, 0.2) is 0 Å². The Morgan fingerprint density at radius 1 is 0.822 bits per heavy atom. The van der Waals surface area contributed by atoms with E-state index in [1.165, 1.54) is 11.8 Å². The van der Waals surface area contributed by atoms with Gasteiger partial charge in [-0.25, -0.2) is 0 Å². The van der Waals surface area contributed by atoms with Crippen molar-refractivity contribution in [2.45, 2.75) is 50.2 Å². The van der Waals surface area contributed by atoms with Crippen LogP contribution in [-0.2, 0) is 9.59 Å². The third-order valence-electron chi connectivity index (χ3n) is 6.94. The summed E-state index contributed by atoms with van der Waals surface area (Å²) >= 11 is 1.42. The van der Waals surface area contributed by atoms with Crippen LogP contribution in [0.2, 0.25) is 0 Å². The zero-order chi connectivity index (χ0) is 32.0. The third kappa shape index (κ3) is 10.1. The highest BCUT2D eigenvalue weighted by Crippen LogP contribution is 2.29. The average molecular weight is 622 g/mol. The van der Waals surface area contributed by atoms with Crippen LogP contribution in [-0.4, -0.2) is 29.6 Å². The van der Waals surface area contributed by atoms with Crippen LogP contribution in [0.1, 0.15) is 54.6 Å². The number of hydrogen-bond donors (Lipinski definition) is 3. The van der Waals surface area contributed by atoms with E-state index >= 15 is 0 Å². The van der Waals surface area contributed by atoms with E-state index < -0.39 is 5.91 Å². The molecule has 4 aromatic rings. The molecule has 0 aliphatic carbocycles. The summed E-state index contributed by atoms with van der Waals surface area (Å²) in [5.74, 6) is -0.177. The molecule has 0 bridgehead atoms. The fourth-order valence-electron chi connectivity index (χ4n) is 4.37. The van der Waals surface area contributed by atoms with Gasteiger partial charge in [-0.1, -0.05) is 68.8 Å². The fourth-order valence-corrected chi connectivity index (χ4v) is 5.38. The number of carbonyl (C=O) groups excluding carboxylic acids is 3. The normalized spacial score (nSPS) is 11.8. The minimum atomic E-state index is -0.461. The lowest BCUT2D eigenvalue weighted by atomic mass is 10.1. The van der Waals surface area contributed by atoms with E-state index in [4.69, 9.17) is 4.74 Å². The number of amides is 3. The van der Waals surface area contributed by atoms with Gasteiger partial charge in [-0.3, -0.25) is 14.4 Å². The SMILES string of the molecule is CCCCOc1ccc(NC(=O)C(CC)Sc2cccc(NC(=O)/C(=C/c3ccccc3C)NC(=O)c3ccccc3)c2)cc1. The molecule has 0 aliphatic rings. The Balaban J connectivity index is 1.44. The lowest BCUT2D eigenvalue weighted by Gasteiger charge is -2.16. The predicted octanol–water partition coefficient (Wildman–Crippen LogP) is 8.09. The monoisotopic (exact) mass is 621 g/mol. The number of anilines is 2. The number of benzene rings is 4. The molecule has 1 atom stereocenters. The van der Waals surface area contributed by atoms with Gasteiger partial charge >= 0.3 is 0 Å². The molecule has 0 radical (unpaired) electrons. The number of carbonyl (C=O) groups is 3. The van der Waals surface area contributed by atoms with Crippen molar-refractivity contribution >= 4 is 46.9 Å². The Labute approximate surface area is 269 Å². The summed E-state index contributed by atoms with van der Waals surface area (Å²) in [5, 5.41) is 8.35. The van der Waals surface area contributed by atoms with Crippen LogP contribution in [0.4, 0.5) is 11.4 Å². The quantitative estimate of drug-likeness (QED) is 0.0751. The molecule has 0 aliphatic heterocycles. The van der Waals surface area contributed by atoms with Crippen LogP contribution in [0.15, 0.2) is 114 Å². The number of hydrogen-bond acceptors (Lipinski definition) is 5. The summed E-state index contributed by atoms with van der Waals surface area (Å²) in [6, 6.07) is 31.1. The molecule has 232 valence electrons. The van der Waals surface area contributed by atoms with Crippen LogP contribution in [0, 0.1) is 6.92 Å². The molecule has 0 fully saturated rings. The number of nitrogens with one attached hydrogen (secondary N) is 3. The third-order valence-corrected chi connectivity index (χ3v) is 8.30. The van der Waals surface area contributed by atoms with E-state index in [0.29, 0.717) is 30.0 Å². The van der Waals surface area contributed by atoms with Gasteiger partial charge < -0.3 is 20.7 Å². The zero-order valence-electron chi connectivity index (χ0n) is 25.8. The molecule has 0 spiro atoms. The highest BCUT2D eigenvalue weighted by atomic mass is 32.2. The first-order valence-electron chi connectivity index (χ1n) is 15.1. The minimum absolute atomic E-state index is 0.108. The van der Waals surface area contributed by atoms with Crippen molar-refractivity contribution in [1.82, 2.24) is 5.32 Å². The fraction of sp³-hybridized carbons (Fsp3) is 0.216. The zero-order valence-corrected chi connectivity index (χ0v) is 26.7. The van der Waals surface area contributed by atoms with Gasteiger partial charge in [-0.2, -0.15) is 0 Å². The Morgan fingerprint density at radius 2 is 1.56 bits per heavy atom. The maximum Gasteiger partial charge on any atom is 0.272 e. The summed E-state index contributed by atoms with van der Waals surface area (Å²) in [7, 11) is 0. The molecule has 45 heavy (non-hydrogen) atoms. The summed E-state index contributed by atoms with van der Waals surface area (Å²) in [6.45, 7) is 6.69. The molecular weight excluding hydrogens is 582 g/mol. The lowest BCUT2D eigenvalue weighted by molar-refractivity contribution is -0.116. The Kier molecular flexibility index (Phi) is 12.4. The second-order valence-electron chi connectivity index (χ2n) is 10.4. The van der Waals surface area contributed by atoms with Gasteiger partial charge in [-0.15, -0.1) is 11.8 Å². The van der Waals surface area contributed by atoms with Gasteiger partial charge in [0.05, 0.1) is 11.9 Å². The van der Waals surface area contributed by atoms with E-state index in [0.717, 1.165) is 34.6 Å². The molecule has 8 heteroatoms. The van der Waals surface area contributed by atoms with E-state index in [2.05, 4.69) is 22.9 Å². The second-order valence-corrected chi connectivity index (χ2v) is 11.7. The molecule has 0 saturated carbocycles. The molecule has 7 nitrogen and oxygen atoms in total. The number of rotatable bonds is 14. The molecule has 1 unspecified atom stereocenters. The van der Waals surface area contributed by atoms with Crippen molar-refractivity contribution in [3.63, 3.8) is 0 Å². The largest absolute Gasteiger partial charge is 0.494 e. The summed E-state index contributed by atoms with van der Waals surface area (Å²) in [6.07, 6.45) is 4.35. The first-order valence-corrected chi connectivity index (χ1v) is 16.0. The molecule has 4 rings (SSSR count). The van der Waals surface area contributed by atoms with Crippen molar-refractivity contribution in [1.29, 1.82) is 0 Å². The van der Waals surface area contributed by atoms with E-state index in [-0.39, 0.29) is 22.8 Å². The molecule has 3 amide bonds. The molecule has 0 heterocycles. The van der Waals surface area contributed by atoms with Gasteiger partial charge in [0.1, 0.15) is 11.4 Å². The average Bonchev–Trinajstić information content (AvgIpc) is 3.05. The summed E-state index contributed by atoms with van der Waals surface area (Å²) in [4.78, 5) is 40.5. The number of aryl methyl sites for hydroxylation is 1. The smallest absolute Gasteiger partial charge is 0.272 e. The maximum absolute atomic E-state index is 13.5. The first kappa shape index (κ1) is 33.1. The lowest BCUT2D eigenvalue weighted by Crippen LogP contribution is -2.30. The van der Waals surface area contributed by atoms with Crippen molar-refractivity contribution in [3.05, 3.63) is 126 Å². The first-order chi connectivity index (χ1) is 21.9. The van der Waals surface area contributed by atoms with Crippen LogP contribution in [0.5, 0.6) is 5.75 Å². The topological polar surface area (TPSA) is 96.5 Å². The maximum atomic E-state index is 13.5. The van der Waals surface area contributed by atoms with E-state index in [1.807, 2.05) is 86.6 Å². The number of thioether (sulfide) groups is 1. The van der Waals surface area contributed by atoms with Gasteiger partial charge in [0.2, 0.25) is 5.91 Å². The molecular formula is C37H39N3O4S. The van der Waals surface area contributed by atoms with Crippen LogP contribution in [0.25, 0.3) is 6.08 Å². The Bertz CT molecular complexity index is 1620. The van der Waals surface area contributed by atoms with Crippen molar-refractivity contribution in [2.75, 3.05) is 17.2 Å². The van der Waals surface area contributed by atoms with Gasteiger partial charge in [0, 0.05) is 21.8 Å². The van der Waals surface area contributed by atoms with E-state index in [9.17, 15) is 14.4 Å². The van der Waals surface area contributed by atoms with Crippen molar-refractivity contribution in [3.8, 4) is 5.75 Å². The van der Waals surface area contributed by atoms with Crippen molar-refractivity contribution < 1.29 is 19.1 Å². The highest BCUT2D eigenvalue weighted by molar-refractivity contribution is 8.00. The van der Waals surface area contributed by atoms with E-state index in [1.54, 1.807) is 36.4 Å². The van der Waals surface area contributed by atoms with Crippen LogP contribution >= 0.6 is 11.8 Å². The van der Waals surface area contributed by atoms with Crippen LogP contribution in [0.3, 0.4) is 0 Å². The number of ether oxygens (including phenoxy) is 1. The molecule has 0 saturated heterocycles. The van der Waals surface area contributed by atoms with Gasteiger partial charge in [-0.05, 0) is 91.6 Å². The standard InChI is InChI=1S/C37H39N3O4S/c1-4-6-23-44-31-21-19-29(20-22-31)38-37(43)34(5-2)45-32-18-12-17-30(25-32)39-36(42)33(24-28-16-11-10-13-26(28)3)40-35(41)27-14-8-7-9-15-27/h7-22,24-25,34H,4-6,23H2,1-3H3,(H,38,43)(H,39,42)(H,40,41)/b33-24-. The van der Waals surface area contributed by atoms with Gasteiger partial charge in [0.25, 0.3) is 11.8 Å². The second kappa shape index (κ2) is 16.9. The Morgan fingerprint density at radius 3 is 2.27 bits per heavy atom. The summed E-state index contributed by atoms with van der Waals surface area (Å²) < 4.78 is 5.71. The minimum Gasteiger partial charge on any atom is -0.494 e.